The minimum absolute atomic E-state index is 0.0440. The van der Waals surface area contributed by atoms with Gasteiger partial charge in [-0.15, -0.1) is 0 Å². The number of nitrogens with zero attached hydrogens (tertiary/aromatic N) is 5. The highest BCUT2D eigenvalue weighted by atomic mass is 32.2. The number of anilines is 1. The third-order valence-corrected chi connectivity index (χ3v) is 10.4. The number of hydrogen-bond acceptors (Lipinski definition) is 15. The minimum Gasteiger partial charge on any atom is -0.479 e. The van der Waals surface area contributed by atoms with Gasteiger partial charge in [0.15, 0.2) is 17.4 Å². The molecule has 0 amide bonds. The lowest BCUT2D eigenvalue weighted by atomic mass is 9.99. The van der Waals surface area contributed by atoms with Crippen molar-refractivity contribution in [2.24, 2.45) is 15.6 Å². The Morgan fingerprint density at radius 1 is 1.20 bits per heavy atom. The van der Waals surface area contributed by atoms with Gasteiger partial charge in [-0.25, -0.2) is 19.4 Å². The van der Waals surface area contributed by atoms with E-state index in [1.54, 1.807) is 26.4 Å². The van der Waals surface area contributed by atoms with Crippen molar-refractivity contribution >= 4 is 66.0 Å². The van der Waals surface area contributed by atoms with Gasteiger partial charge in [-0.1, -0.05) is 41.5 Å². The van der Waals surface area contributed by atoms with Crippen molar-refractivity contribution in [3.05, 3.63) is 6.33 Å². The average molecular weight is 762 g/mol. The van der Waals surface area contributed by atoms with Crippen LogP contribution in [0.3, 0.4) is 0 Å². The molecule has 0 spiro atoms. The first-order valence-electron chi connectivity index (χ1n) is 16.0. The van der Waals surface area contributed by atoms with Crippen LogP contribution in [0.15, 0.2) is 11.1 Å². The number of hydrogen-bond donors (Lipinski definition) is 3. The lowest BCUT2D eigenvalue weighted by molar-refractivity contribution is -0.147. The van der Waals surface area contributed by atoms with E-state index in [1.165, 1.54) is 41.5 Å². The Morgan fingerprint density at radius 2 is 1.84 bits per heavy atom. The number of rotatable bonds is 16. The second kappa shape index (κ2) is 16.9. The quantitative estimate of drug-likeness (QED) is 0.124. The standard InChI is InChI=1S/C31H52N7O9PS2/c1-18(50-11)21(26(40)45-16-30(5,6)7)37-48(42,36-20(14-49-10)25(39)44-15-29(2,3)4)46-13-19-12-31(8,41)27(47-19)38-17-33-22-23(38)34-28(32)35-24(22)43-9/h17-20,27,41H,12-16H2,1-11H3,(H,36,42)(H2,32,34,35). The lowest BCUT2D eigenvalue weighted by Crippen LogP contribution is -2.40. The topological polar surface area (TPSA) is 212 Å². The van der Waals surface area contributed by atoms with Gasteiger partial charge in [0.25, 0.3) is 0 Å². The highest BCUT2D eigenvalue weighted by molar-refractivity contribution is 8.00. The number of carbonyl (C=O) groups excluding carboxylic acids is 2. The first kappa shape index (κ1) is 41.9. The molecule has 3 rings (SSSR count). The normalized spacial score (nSPS) is 22.6. The van der Waals surface area contributed by atoms with E-state index in [0.717, 1.165) is 0 Å². The lowest BCUT2D eigenvalue weighted by Gasteiger charge is -2.26. The molecular weight excluding hydrogens is 709 g/mol. The van der Waals surface area contributed by atoms with Crippen LogP contribution in [-0.2, 0) is 32.9 Å². The SMILES string of the molecule is COc1nc(N)nc2c1ncn2C1OC(COP(=O)(N=C(C(=O)OCC(C)(C)C)C(C)SC)NC(CSC)C(=O)OCC(C)(C)C)CC1(C)O. The summed E-state index contributed by atoms with van der Waals surface area (Å²) in [6.07, 6.45) is 3.21. The number of ether oxygens (including phenoxy) is 4. The van der Waals surface area contributed by atoms with Crippen molar-refractivity contribution in [2.45, 2.75) is 91.0 Å². The number of fused-ring (bicyclic) bond motifs is 1. The highest BCUT2D eigenvalue weighted by Crippen LogP contribution is 2.48. The maximum Gasteiger partial charge on any atom is 0.388 e. The molecule has 50 heavy (non-hydrogen) atoms. The molecule has 0 aliphatic carbocycles. The molecule has 4 N–H and O–H groups in total. The van der Waals surface area contributed by atoms with E-state index in [2.05, 4.69) is 24.8 Å². The van der Waals surface area contributed by atoms with Gasteiger partial charge in [0.2, 0.25) is 11.8 Å². The van der Waals surface area contributed by atoms with Crippen molar-refractivity contribution in [2.75, 3.05) is 50.9 Å². The van der Waals surface area contributed by atoms with Gasteiger partial charge in [0, 0.05) is 12.2 Å². The number of aromatic nitrogens is 4. The summed E-state index contributed by atoms with van der Waals surface area (Å²) < 4.78 is 49.2. The molecule has 19 heteroatoms. The molecule has 0 saturated carbocycles. The molecule has 1 fully saturated rings. The molecule has 6 atom stereocenters. The zero-order valence-electron chi connectivity index (χ0n) is 30.7. The first-order chi connectivity index (χ1) is 23.1. The predicted octanol–water partition coefficient (Wildman–Crippen LogP) is 4.27. The number of nitrogen functional groups attached to an aromatic ring is 1. The minimum atomic E-state index is -4.42. The number of esters is 2. The molecule has 3 heterocycles. The molecule has 1 aliphatic rings. The zero-order valence-corrected chi connectivity index (χ0v) is 33.2. The van der Waals surface area contributed by atoms with E-state index in [9.17, 15) is 19.3 Å². The summed E-state index contributed by atoms with van der Waals surface area (Å²) >= 11 is 2.63. The Labute approximate surface area is 302 Å². The van der Waals surface area contributed by atoms with E-state index in [0.29, 0.717) is 5.52 Å². The van der Waals surface area contributed by atoms with Crippen molar-refractivity contribution in [3.63, 3.8) is 0 Å². The fraction of sp³-hybridized carbons (Fsp3) is 0.742. The van der Waals surface area contributed by atoms with Crippen LogP contribution in [0, 0.1) is 10.8 Å². The summed E-state index contributed by atoms with van der Waals surface area (Å²) in [6, 6.07) is -1.10. The molecule has 16 nitrogen and oxygen atoms in total. The van der Waals surface area contributed by atoms with Gasteiger partial charge < -0.3 is 29.8 Å². The molecule has 1 saturated heterocycles. The number of imidazole rings is 1. The molecular formula is C31H52N7O9PS2. The number of methoxy groups -OCH3 is 1. The maximum atomic E-state index is 14.7. The number of nitrogens with one attached hydrogen (secondary N) is 1. The summed E-state index contributed by atoms with van der Waals surface area (Å²) in [5.41, 5.74) is 4.23. The van der Waals surface area contributed by atoms with Crippen LogP contribution < -0.4 is 15.6 Å². The van der Waals surface area contributed by atoms with Crippen molar-refractivity contribution in [3.8, 4) is 5.88 Å². The van der Waals surface area contributed by atoms with Gasteiger partial charge >= 0.3 is 19.6 Å². The van der Waals surface area contributed by atoms with Crippen LogP contribution in [0.5, 0.6) is 5.88 Å². The molecule has 2 aromatic rings. The fourth-order valence-corrected chi connectivity index (χ4v) is 7.52. The summed E-state index contributed by atoms with van der Waals surface area (Å²) in [7, 11) is -3.00. The third kappa shape index (κ3) is 11.5. The summed E-state index contributed by atoms with van der Waals surface area (Å²) in [5.74, 6) is -1.13. The summed E-state index contributed by atoms with van der Waals surface area (Å²) in [5, 5.41) is 13.7. The molecule has 282 valence electrons. The second-order valence-corrected chi connectivity index (χ2v) is 18.6. The molecule has 1 aliphatic heterocycles. The van der Waals surface area contributed by atoms with E-state index >= 15 is 0 Å². The van der Waals surface area contributed by atoms with E-state index < -0.39 is 48.8 Å². The zero-order chi connectivity index (χ0) is 37.7. The monoisotopic (exact) mass is 761 g/mol. The van der Waals surface area contributed by atoms with E-state index in [4.69, 9.17) is 29.2 Å². The van der Waals surface area contributed by atoms with Crippen molar-refractivity contribution in [1.82, 2.24) is 24.6 Å². The Bertz CT molecular complexity index is 1580. The smallest absolute Gasteiger partial charge is 0.388 e. The number of nitrogens with two attached hydrogens (primary N) is 1. The highest BCUT2D eigenvalue weighted by Gasteiger charge is 2.47. The van der Waals surface area contributed by atoms with Gasteiger partial charge in [-0.05, 0) is 37.2 Å². The second-order valence-electron chi connectivity index (χ2n) is 14.7. The number of aliphatic hydroxyl groups is 1. The molecule has 2 aromatic heterocycles. The Hall–Kier alpha value is -2.47. The molecule has 0 aromatic carbocycles. The first-order valence-corrected chi connectivity index (χ1v) is 20.3. The number of thioether (sulfide) groups is 2. The van der Waals surface area contributed by atoms with Crippen molar-refractivity contribution < 1.29 is 42.7 Å². The van der Waals surface area contributed by atoms with Gasteiger partial charge in [-0.3, -0.25) is 13.9 Å². The maximum absolute atomic E-state index is 14.7. The van der Waals surface area contributed by atoms with Gasteiger partial charge in [-0.2, -0.15) is 38.3 Å². The average Bonchev–Trinajstić information content (AvgIpc) is 3.57. The van der Waals surface area contributed by atoms with Crippen LogP contribution in [-0.4, -0.2) is 110 Å². The molecule has 6 unspecified atom stereocenters. The van der Waals surface area contributed by atoms with Gasteiger partial charge in [0.05, 0.1) is 44.6 Å². The molecule has 0 radical (unpaired) electrons. The Kier molecular flexibility index (Phi) is 14.2. The number of carbonyl (C=O) groups is 2. The van der Waals surface area contributed by atoms with Crippen LogP contribution in [0.4, 0.5) is 5.95 Å². The summed E-state index contributed by atoms with van der Waals surface area (Å²) in [4.78, 5) is 39.3. The predicted molar refractivity (Wildman–Crippen MR) is 196 cm³/mol. The van der Waals surface area contributed by atoms with Crippen LogP contribution in [0.1, 0.15) is 68.0 Å². The van der Waals surface area contributed by atoms with E-state index in [-0.39, 0.29) is 66.0 Å². The van der Waals surface area contributed by atoms with Crippen LogP contribution in [0.25, 0.3) is 11.2 Å². The Morgan fingerprint density at radius 3 is 2.42 bits per heavy atom. The van der Waals surface area contributed by atoms with E-state index in [1.807, 2.05) is 41.5 Å². The summed E-state index contributed by atoms with van der Waals surface area (Å²) in [6.45, 7) is 14.7. The molecule has 0 bridgehead atoms. The van der Waals surface area contributed by atoms with Crippen LogP contribution >= 0.6 is 31.2 Å². The fourth-order valence-electron chi connectivity index (χ4n) is 4.71. The Balaban J connectivity index is 1.97. The van der Waals surface area contributed by atoms with Crippen LogP contribution in [0.2, 0.25) is 0 Å². The largest absolute Gasteiger partial charge is 0.479 e. The third-order valence-electron chi connectivity index (χ3n) is 7.19. The van der Waals surface area contributed by atoms with Crippen molar-refractivity contribution in [1.29, 1.82) is 0 Å². The van der Waals surface area contributed by atoms with Gasteiger partial charge in [0.1, 0.15) is 17.4 Å².